The van der Waals surface area contributed by atoms with Crippen molar-refractivity contribution in [3.8, 4) is 0 Å². The summed E-state index contributed by atoms with van der Waals surface area (Å²) in [6.07, 6.45) is -2.64. The summed E-state index contributed by atoms with van der Waals surface area (Å²) >= 11 is 1.20. The minimum Gasteiger partial charge on any atom is -0.316 e. The van der Waals surface area contributed by atoms with E-state index in [0.717, 1.165) is 18.4 Å². The van der Waals surface area contributed by atoms with Crippen molar-refractivity contribution >= 4 is 32.3 Å². The van der Waals surface area contributed by atoms with Gasteiger partial charge in [0, 0.05) is 19.5 Å². The highest BCUT2D eigenvalue weighted by molar-refractivity contribution is 7.88. The van der Waals surface area contributed by atoms with E-state index in [4.69, 9.17) is 0 Å². The first kappa shape index (κ1) is 21.7. The van der Waals surface area contributed by atoms with E-state index in [1.165, 1.54) is 21.7 Å². The number of nitrogens with zero attached hydrogens (tertiary/aromatic N) is 2. The maximum atomic E-state index is 12.9. The van der Waals surface area contributed by atoms with Crippen molar-refractivity contribution < 1.29 is 26.4 Å². The van der Waals surface area contributed by atoms with Gasteiger partial charge < -0.3 is 5.32 Å². The first-order chi connectivity index (χ1) is 13.4. The van der Waals surface area contributed by atoms with Crippen LogP contribution in [-0.4, -0.2) is 43.0 Å². The molecule has 0 spiro atoms. The molecule has 1 aromatic heterocycles. The third-order valence-corrected chi connectivity index (χ3v) is 7.02. The van der Waals surface area contributed by atoms with Crippen molar-refractivity contribution in [2.24, 2.45) is 5.92 Å². The van der Waals surface area contributed by atoms with Crippen LogP contribution in [0.4, 0.5) is 18.2 Å². The van der Waals surface area contributed by atoms with Crippen LogP contribution in [0.25, 0.3) is 0 Å². The summed E-state index contributed by atoms with van der Waals surface area (Å²) in [6, 6.07) is 5.06. The highest BCUT2D eigenvalue weighted by atomic mass is 32.2. The number of carbonyl (C=O) groups excluding carboxylic acids is 1. The zero-order valence-corrected chi connectivity index (χ0v) is 17.4. The van der Waals surface area contributed by atoms with Crippen LogP contribution in [0.3, 0.4) is 0 Å². The molecule has 29 heavy (non-hydrogen) atoms. The number of aryl methyl sites for hydroxylation is 1. The number of nitrogens with one attached hydrogen (secondary N) is 1. The largest absolute Gasteiger partial charge is 0.416 e. The molecule has 1 fully saturated rings. The number of amides is 1. The van der Waals surface area contributed by atoms with Gasteiger partial charge in [-0.2, -0.15) is 13.2 Å². The Morgan fingerprint density at radius 1 is 1.38 bits per heavy atom. The molecule has 1 N–H and O–H groups in total. The summed E-state index contributed by atoms with van der Waals surface area (Å²) in [6.45, 7) is 2.15. The maximum Gasteiger partial charge on any atom is 0.416 e. The topological polar surface area (TPSA) is 79.4 Å². The lowest BCUT2D eigenvalue weighted by Crippen LogP contribution is -2.30. The van der Waals surface area contributed by atoms with Crippen molar-refractivity contribution in [3.05, 3.63) is 46.1 Å². The molecule has 0 radical (unpaired) electrons. The highest BCUT2D eigenvalue weighted by Crippen LogP contribution is 2.31. The Bertz CT molecular complexity index is 1020. The Balaban J connectivity index is 1.67. The normalized spacial score (nSPS) is 18.2. The molecule has 0 saturated carbocycles. The Kier molecular flexibility index (Phi) is 6.02. The lowest BCUT2D eigenvalue weighted by molar-refractivity contribution is -0.137. The third-order valence-electron chi connectivity index (χ3n) is 4.68. The Hall–Kier alpha value is -1.98. The van der Waals surface area contributed by atoms with Crippen LogP contribution in [0.15, 0.2) is 24.3 Å². The standard InChI is InChI=1S/C18H20F3N3O3S2/c1-11-17(23-16(25)13-6-7-24(10-13)29(2,26)27)28-15(22-11)9-12-4-3-5-14(8-12)18(19,20)21/h3-5,8,13H,6-7,9-10H2,1-2H3,(H,23,25)/t13-/m1/s1. The molecule has 11 heteroatoms. The number of alkyl halides is 3. The van der Waals surface area contributed by atoms with Gasteiger partial charge in [0.2, 0.25) is 15.9 Å². The molecular formula is C18H20F3N3O3S2. The summed E-state index contributed by atoms with van der Waals surface area (Å²) < 4.78 is 63.1. The van der Waals surface area contributed by atoms with Crippen molar-refractivity contribution in [1.82, 2.24) is 9.29 Å². The molecule has 1 atom stereocenters. The second-order valence-electron chi connectivity index (χ2n) is 6.99. The van der Waals surface area contributed by atoms with Gasteiger partial charge in [-0.25, -0.2) is 17.7 Å². The zero-order chi connectivity index (χ0) is 21.4. The van der Waals surface area contributed by atoms with E-state index in [1.54, 1.807) is 13.0 Å². The fraction of sp³-hybridized carbons (Fsp3) is 0.444. The molecule has 3 rings (SSSR count). The van der Waals surface area contributed by atoms with Crippen LogP contribution in [0.5, 0.6) is 0 Å². The Morgan fingerprint density at radius 2 is 2.10 bits per heavy atom. The molecule has 158 valence electrons. The van der Waals surface area contributed by atoms with E-state index in [1.807, 2.05) is 0 Å². The molecule has 0 unspecified atom stereocenters. The molecule has 6 nitrogen and oxygen atoms in total. The molecule has 0 bridgehead atoms. The number of carbonyl (C=O) groups is 1. The van der Waals surface area contributed by atoms with Crippen LogP contribution in [0.2, 0.25) is 0 Å². The van der Waals surface area contributed by atoms with E-state index in [-0.39, 0.29) is 18.9 Å². The van der Waals surface area contributed by atoms with Crippen LogP contribution >= 0.6 is 11.3 Å². The predicted octanol–water partition coefficient (Wildman–Crippen LogP) is 3.28. The maximum absolute atomic E-state index is 12.9. The average Bonchev–Trinajstić information content (AvgIpc) is 3.22. The number of anilines is 1. The monoisotopic (exact) mass is 447 g/mol. The van der Waals surface area contributed by atoms with Crippen molar-refractivity contribution in [2.75, 3.05) is 24.7 Å². The van der Waals surface area contributed by atoms with Crippen LogP contribution < -0.4 is 5.32 Å². The van der Waals surface area contributed by atoms with E-state index >= 15 is 0 Å². The van der Waals surface area contributed by atoms with Crippen LogP contribution in [-0.2, 0) is 27.4 Å². The Labute approximate surface area is 170 Å². The van der Waals surface area contributed by atoms with Gasteiger partial charge >= 0.3 is 6.18 Å². The van der Waals surface area contributed by atoms with Crippen LogP contribution in [0, 0.1) is 12.8 Å². The summed E-state index contributed by atoms with van der Waals surface area (Å²) in [7, 11) is -3.33. The SMILES string of the molecule is Cc1nc(Cc2cccc(C(F)(F)F)c2)sc1NC(=O)[C@@H]1CCN(S(C)(=O)=O)C1. The van der Waals surface area contributed by atoms with E-state index in [0.29, 0.717) is 34.2 Å². The lowest BCUT2D eigenvalue weighted by Gasteiger charge is -2.13. The van der Waals surface area contributed by atoms with Crippen molar-refractivity contribution in [3.63, 3.8) is 0 Å². The van der Waals surface area contributed by atoms with Gasteiger partial charge in [0.1, 0.15) is 5.00 Å². The molecule has 1 amide bonds. The van der Waals surface area contributed by atoms with Gasteiger partial charge in [0.15, 0.2) is 0 Å². The fourth-order valence-electron chi connectivity index (χ4n) is 3.13. The number of hydrogen-bond acceptors (Lipinski definition) is 5. The zero-order valence-electron chi connectivity index (χ0n) is 15.8. The average molecular weight is 448 g/mol. The first-order valence-corrected chi connectivity index (χ1v) is 11.5. The van der Waals surface area contributed by atoms with Crippen molar-refractivity contribution in [2.45, 2.75) is 25.9 Å². The summed E-state index contributed by atoms with van der Waals surface area (Å²) in [5.41, 5.74) is 0.336. The number of sulfonamides is 1. The quantitative estimate of drug-likeness (QED) is 0.763. The van der Waals surface area contributed by atoms with Crippen molar-refractivity contribution in [1.29, 1.82) is 0 Å². The van der Waals surface area contributed by atoms with E-state index < -0.39 is 27.7 Å². The first-order valence-electron chi connectivity index (χ1n) is 8.82. The number of rotatable bonds is 5. The highest BCUT2D eigenvalue weighted by Gasteiger charge is 2.33. The smallest absolute Gasteiger partial charge is 0.316 e. The summed E-state index contributed by atoms with van der Waals surface area (Å²) in [4.78, 5) is 16.8. The predicted molar refractivity (Wildman–Crippen MR) is 104 cm³/mol. The molecule has 2 heterocycles. The number of aromatic nitrogens is 1. The number of hydrogen-bond donors (Lipinski definition) is 1. The molecule has 0 aliphatic carbocycles. The third kappa shape index (κ3) is 5.34. The molecule has 1 aromatic carbocycles. The van der Waals surface area contributed by atoms with E-state index in [2.05, 4.69) is 10.3 Å². The van der Waals surface area contributed by atoms with Gasteiger partial charge in [-0.3, -0.25) is 4.79 Å². The molecule has 1 saturated heterocycles. The lowest BCUT2D eigenvalue weighted by atomic mass is 10.1. The molecule has 2 aromatic rings. The number of benzene rings is 1. The van der Waals surface area contributed by atoms with Gasteiger partial charge in [-0.05, 0) is 25.0 Å². The van der Waals surface area contributed by atoms with E-state index in [9.17, 15) is 26.4 Å². The van der Waals surface area contributed by atoms with Crippen LogP contribution in [0.1, 0.15) is 28.2 Å². The van der Waals surface area contributed by atoms with Gasteiger partial charge in [-0.1, -0.05) is 18.2 Å². The second-order valence-corrected chi connectivity index (χ2v) is 10.1. The number of halogens is 3. The fourth-order valence-corrected chi connectivity index (χ4v) is 5.02. The summed E-state index contributed by atoms with van der Waals surface area (Å²) in [5.74, 6) is -0.730. The molecular weight excluding hydrogens is 427 g/mol. The minimum absolute atomic E-state index is 0.139. The van der Waals surface area contributed by atoms with Gasteiger partial charge in [0.25, 0.3) is 0 Å². The minimum atomic E-state index is -4.41. The van der Waals surface area contributed by atoms with Gasteiger partial charge in [-0.15, -0.1) is 11.3 Å². The molecule has 1 aliphatic rings. The Morgan fingerprint density at radius 3 is 2.72 bits per heavy atom. The second kappa shape index (κ2) is 8.04. The molecule has 1 aliphatic heterocycles. The van der Waals surface area contributed by atoms with Gasteiger partial charge in [0.05, 0.1) is 28.4 Å². The summed E-state index contributed by atoms with van der Waals surface area (Å²) in [5, 5.41) is 3.89. The number of thiazole rings is 1.